The Labute approximate surface area is 92.4 Å². The smallest absolute Gasteiger partial charge is 0.293 e. The number of alkyl halides is 2. The maximum atomic E-state index is 13.2. The SMILES string of the molecule is CC(=O)C(F)(F)c1ncc(Br)cc1Cl. The highest BCUT2D eigenvalue weighted by molar-refractivity contribution is 9.10. The zero-order chi connectivity index (χ0) is 10.9. The van der Waals surface area contributed by atoms with Crippen molar-refractivity contribution < 1.29 is 13.6 Å². The molecule has 6 heteroatoms. The summed E-state index contributed by atoms with van der Waals surface area (Å²) >= 11 is 8.56. The van der Waals surface area contributed by atoms with Gasteiger partial charge < -0.3 is 0 Å². The van der Waals surface area contributed by atoms with Crippen LogP contribution in [0.3, 0.4) is 0 Å². The monoisotopic (exact) mass is 283 g/mol. The lowest BCUT2D eigenvalue weighted by atomic mass is 10.1. The second kappa shape index (κ2) is 3.90. The molecule has 0 bridgehead atoms. The minimum Gasteiger partial charge on any atom is -0.293 e. The predicted molar refractivity (Wildman–Crippen MR) is 51.5 cm³/mol. The van der Waals surface area contributed by atoms with Crippen molar-refractivity contribution in [2.24, 2.45) is 0 Å². The van der Waals surface area contributed by atoms with Crippen LogP contribution in [0.1, 0.15) is 12.6 Å². The number of halogens is 4. The number of carbonyl (C=O) groups is 1. The molecule has 14 heavy (non-hydrogen) atoms. The second-order valence-electron chi connectivity index (χ2n) is 2.61. The summed E-state index contributed by atoms with van der Waals surface area (Å²) in [5, 5.41) is -0.237. The first-order valence-electron chi connectivity index (χ1n) is 3.56. The molecule has 0 saturated carbocycles. The van der Waals surface area contributed by atoms with E-state index in [0.717, 1.165) is 13.1 Å². The number of hydrogen-bond acceptors (Lipinski definition) is 2. The molecule has 0 aliphatic carbocycles. The third kappa shape index (κ3) is 2.09. The molecule has 0 spiro atoms. The first-order chi connectivity index (χ1) is 6.35. The molecule has 1 aromatic rings. The van der Waals surface area contributed by atoms with Gasteiger partial charge in [0.25, 0.3) is 0 Å². The van der Waals surface area contributed by atoms with Crippen LogP contribution in [0.2, 0.25) is 5.02 Å². The van der Waals surface area contributed by atoms with Gasteiger partial charge in [-0.25, -0.2) is 0 Å². The molecule has 0 aliphatic rings. The highest BCUT2D eigenvalue weighted by atomic mass is 79.9. The first-order valence-corrected chi connectivity index (χ1v) is 4.73. The van der Waals surface area contributed by atoms with E-state index < -0.39 is 17.4 Å². The fourth-order valence-electron chi connectivity index (χ4n) is 0.812. The van der Waals surface area contributed by atoms with Crippen molar-refractivity contribution in [1.82, 2.24) is 4.98 Å². The molecule has 1 aromatic heterocycles. The van der Waals surface area contributed by atoms with E-state index in [1.807, 2.05) is 0 Å². The molecule has 0 radical (unpaired) electrons. The van der Waals surface area contributed by atoms with Gasteiger partial charge in [-0.05, 0) is 22.0 Å². The molecule has 0 atom stereocenters. The highest BCUT2D eigenvalue weighted by Crippen LogP contribution is 2.33. The van der Waals surface area contributed by atoms with Crippen LogP contribution in [-0.2, 0) is 10.7 Å². The van der Waals surface area contributed by atoms with Gasteiger partial charge in [0.15, 0.2) is 0 Å². The summed E-state index contributed by atoms with van der Waals surface area (Å²) in [6.45, 7) is 0.792. The maximum absolute atomic E-state index is 13.2. The van der Waals surface area contributed by atoms with Gasteiger partial charge in [-0.15, -0.1) is 0 Å². The number of rotatable bonds is 2. The van der Waals surface area contributed by atoms with E-state index in [4.69, 9.17) is 11.6 Å². The van der Waals surface area contributed by atoms with Crippen LogP contribution >= 0.6 is 27.5 Å². The minimum atomic E-state index is -3.63. The largest absolute Gasteiger partial charge is 0.348 e. The van der Waals surface area contributed by atoms with Crippen molar-refractivity contribution in [2.75, 3.05) is 0 Å². The molecule has 0 unspecified atom stereocenters. The normalized spacial score (nSPS) is 11.5. The van der Waals surface area contributed by atoms with Crippen LogP contribution in [-0.4, -0.2) is 10.8 Å². The van der Waals surface area contributed by atoms with Crippen LogP contribution in [0.25, 0.3) is 0 Å². The Hall–Kier alpha value is -0.550. The average Bonchev–Trinajstić information content (AvgIpc) is 2.02. The number of carbonyl (C=O) groups excluding carboxylic acids is 1. The number of ketones is 1. The molecule has 0 N–H and O–H groups in total. The van der Waals surface area contributed by atoms with Crippen LogP contribution in [0, 0.1) is 0 Å². The van der Waals surface area contributed by atoms with Gasteiger partial charge in [-0.1, -0.05) is 11.6 Å². The van der Waals surface area contributed by atoms with Crippen molar-refractivity contribution >= 4 is 33.3 Å². The highest BCUT2D eigenvalue weighted by Gasteiger charge is 2.40. The third-order valence-electron chi connectivity index (χ3n) is 1.55. The van der Waals surface area contributed by atoms with Crippen molar-refractivity contribution in [3.8, 4) is 0 Å². The van der Waals surface area contributed by atoms with Crippen molar-refractivity contribution in [3.63, 3.8) is 0 Å². The Kier molecular flexibility index (Phi) is 3.21. The Morgan fingerprint density at radius 1 is 1.64 bits per heavy atom. The average molecular weight is 284 g/mol. The Balaban J connectivity index is 3.26. The Morgan fingerprint density at radius 2 is 2.21 bits per heavy atom. The van der Waals surface area contributed by atoms with E-state index >= 15 is 0 Å². The zero-order valence-electron chi connectivity index (χ0n) is 7.02. The number of aromatic nitrogens is 1. The standard InChI is InChI=1S/C8H5BrClF2NO/c1-4(14)8(11,12)7-6(10)2-5(9)3-13-7/h2-3H,1H3. The van der Waals surface area contributed by atoms with E-state index in [1.54, 1.807) is 0 Å². The number of pyridine rings is 1. The molecule has 0 aromatic carbocycles. The van der Waals surface area contributed by atoms with Gasteiger partial charge in [-0.2, -0.15) is 8.78 Å². The van der Waals surface area contributed by atoms with E-state index in [9.17, 15) is 13.6 Å². The summed E-state index contributed by atoms with van der Waals surface area (Å²) in [6.07, 6.45) is 1.16. The van der Waals surface area contributed by atoms with Crippen molar-refractivity contribution in [1.29, 1.82) is 0 Å². The Bertz CT molecular complexity index is 384. The number of nitrogens with zero attached hydrogens (tertiary/aromatic N) is 1. The molecule has 0 aliphatic heterocycles. The van der Waals surface area contributed by atoms with Crippen molar-refractivity contribution in [3.05, 3.63) is 27.5 Å². The zero-order valence-corrected chi connectivity index (χ0v) is 9.36. The number of hydrogen-bond donors (Lipinski definition) is 0. The van der Waals surface area contributed by atoms with Crippen molar-refractivity contribution in [2.45, 2.75) is 12.8 Å². The topological polar surface area (TPSA) is 30.0 Å². The minimum absolute atomic E-state index is 0.237. The predicted octanol–water partition coefficient (Wildman–Crippen LogP) is 3.18. The van der Waals surface area contributed by atoms with Gasteiger partial charge in [0, 0.05) is 17.6 Å². The Morgan fingerprint density at radius 3 is 2.64 bits per heavy atom. The molecular formula is C8H5BrClF2NO. The molecular weight excluding hydrogens is 279 g/mol. The molecule has 0 saturated heterocycles. The van der Waals surface area contributed by atoms with Gasteiger partial charge in [0.1, 0.15) is 5.69 Å². The molecule has 1 rings (SSSR count). The van der Waals surface area contributed by atoms with Gasteiger partial charge in [-0.3, -0.25) is 9.78 Å². The molecule has 2 nitrogen and oxygen atoms in total. The quantitative estimate of drug-likeness (QED) is 0.835. The van der Waals surface area contributed by atoms with E-state index in [2.05, 4.69) is 20.9 Å². The van der Waals surface area contributed by atoms with Gasteiger partial charge in [0.05, 0.1) is 5.02 Å². The van der Waals surface area contributed by atoms with Gasteiger partial charge in [0.2, 0.25) is 5.78 Å². The fourth-order valence-corrected chi connectivity index (χ4v) is 1.56. The van der Waals surface area contributed by atoms with Crippen LogP contribution in [0.4, 0.5) is 8.78 Å². The van der Waals surface area contributed by atoms with Crippen LogP contribution in [0.5, 0.6) is 0 Å². The summed E-state index contributed by atoms with van der Waals surface area (Å²) in [6, 6.07) is 1.26. The molecule has 0 fully saturated rings. The summed E-state index contributed by atoms with van der Waals surface area (Å²) in [4.78, 5) is 14.1. The second-order valence-corrected chi connectivity index (χ2v) is 3.94. The lowest BCUT2D eigenvalue weighted by Gasteiger charge is -2.13. The summed E-state index contributed by atoms with van der Waals surface area (Å²) in [5.41, 5.74) is -0.713. The third-order valence-corrected chi connectivity index (χ3v) is 2.27. The summed E-state index contributed by atoms with van der Waals surface area (Å²) in [5.74, 6) is -4.91. The van der Waals surface area contributed by atoms with E-state index in [0.29, 0.717) is 4.47 Å². The maximum Gasteiger partial charge on any atom is 0.348 e. The molecule has 1 heterocycles. The molecule has 76 valence electrons. The van der Waals surface area contributed by atoms with Crippen LogP contribution < -0.4 is 0 Å². The summed E-state index contributed by atoms with van der Waals surface area (Å²) < 4.78 is 26.8. The van der Waals surface area contributed by atoms with E-state index in [1.165, 1.54) is 6.07 Å². The lowest BCUT2D eigenvalue weighted by molar-refractivity contribution is -0.142. The lowest BCUT2D eigenvalue weighted by Crippen LogP contribution is -2.24. The van der Waals surface area contributed by atoms with E-state index in [-0.39, 0.29) is 5.02 Å². The molecule has 0 amide bonds. The fraction of sp³-hybridized carbons (Fsp3) is 0.250. The van der Waals surface area contributed by atoms with Gasteiger partial charge >= 0.3 is 5.92 Å². The first kappa shape index (κ1) is 11.5. The van der Waals surface area contributed by atoms with Crippen LogP contribution in [0.15, 0.2) is 16.7 Å². The summed E-state index contributed by atoms with van der Waals surface area (Å²) in [7, 11) is 0. The number of Topliss-reactive ketones (excluding diaryl/α,β-unsaturated/α-hetero) is 1.